The zero-order valence-corrected chi connectivity index (χ0v) is 17.6. The molecule has 0 aliphatic heterocycles. The first-order chi connectivity index (χ1) is 12.9. The molecule has 0 fully saturated rings. The standard InChI is InChI=1S/C15H24N2O5.C3H7OP/c1-10(18)11-8-13(20-4)14(9-12(11)16-2)21-7-5-6-15(19)22-17-3;4-2-1-3-5/h8-10,16-18H,5-7H2,1-4H3;2H,1,3,5H2. The molecule has 1 rings (SSSR count). The Kier molecular flexibility index (Phi) is 14.1. The van der Waals surface area contributed by atoms with Gasteiger partial charge in [0.05, 0.1) is 26.2 Å². The number of hydrogen-bond donors (Lipinski definition) is 3. The van der Waals surface area contributed by atoms with Crippen molar-refractivity contribution in [3.63, 3.8) is 0 Å². The van der Waals surface area contributed by atoms with Crippen LogP contribution < -0.4 is 20.3 Å². The van der Waals surface area contributed by atoms with Gasteiger partial charge in [0.25, 0.3) is 0 Å². The average Bonchev–Trinajstić information content (AvgIpc) is 2.65. The normalized spacial score (nSPS) is 10.9. The van der Waals surface area contributed by atoms with E-state index in [4.69, 9.17) is 9.47 Å². The zero-order chi connectivity index (χ0) is 20.7. The van der Waals surface area contributed by atoms with Crippen molar-refractivity contribution in [2.24, 2.45) is 0 Å². The van der Waals surface area contributed by atoms with Gasteiger partial charge in [0, 0.05) is 37.8 Å². The Morgan fingerprint density at radius 1 is 1.33 bits per heavy atom. The molecule has 2 atom stereocenters. The summed E-state index contributed by atoms with van der Waals surface area (Å²) in [6.45, 7) is 2.04. The number of benzene rings is 1. The van der Waals surface area contributed by atoms with Crippen molar-refractivity contribution in [2.45, 2.75) is 32.3 Å². The molecule has 0 spiro atoms. The third-order valence-electron chi connectivity index (χ3n) is 3.34. The van der Waals surface area contributed by atoms with E-state index in [0.717, 1.165) is 23.7 Å². The van der Waals surface area contributed by atoms with Crippen LogP contribution in [0.2, 0.25) is 0 Å². The van der Waals surface area contributed by atoms with E-state index in [0.29, 0.717) is 30.9 Å². The van der Waals surface area contributed by atoms with E-state index in [1.165, 1.54) is 14.2 Å². The lowest BCUT2D eigenvalue weighted by Crippen LogP contribution is -2.15. The largest absolute Gasteiger partial charge is 0.493 e. The third-order valence-corrected chi connectivity index (χ3v) is 3.67. The summed E-state index contributed by atoms with van der Waals surface area (Å²) in [4.78, 5) is 25.2. The molecule has 0 saturated carbocycles. The minimum Gasteiger partial charge on any atom is -0.493 e. The SMILES string of the molecule is CNOC(=O)CCCOc1cc(NC)c(C(C)O)cc1OC.O=CCCP. The van der Waals surface area contributed by atoms with E-state index in [1.54, 1.807) is 26.1 Å². The molecule has 0 bridgehead atoms. The van der Waals surface area contributed by atoms with Crippen molar-refractivity contribution < 1.29 is 29.0 Å². The highest BCUT2D eigenvalue weighted by Gasteiger charge is 2.14. The van der Waals surface area contributed by atoms with E-state index < -0.39 is 6.10 Å². The topological polar surface area (TPSA) is 106 Å². The minimum absolute atomic E-state index is 0.258. The molecule has 8 nitrogen and oxygen atoms in total. The lowest BCUT2D eigenvalue weighted by molar-refractivity contribution is -0.150. The maximum atomic E-state index is 11.2. The van der Waals surface area contributed by atoms with Crippen LogP contribution in [0.15, 0.2) is 12.1 Å². The summed E-state index contributed by atoms with van der Waals surface area (Å²) in [5, 5.41) is 12.8. The van der Waals surface area contributed by atoms with Crippen LogP contribution in [-0.2, 0) is 14.4 Å². The van der Waals surface area contributed by atoms with Crippen molar-refractivity contribution in [1.29, 1.82) is 0 Å². The molecule has 27 heavy (non-hydrogen) atoms. The molecule has 9 heteroatoms. The van der Waals surface area contributed by atoms with Gasteiger partial charge in [-0.05, 0) is 25.6 Å². The monoisotopic (exact) mass is 402 g/mol. The van der Waals surface area contributed by atoms with Gasteiger partial charge in [-0.2, -0.15) is 5.48 Å². The van der Waals surface area contributed by atoms with E-state index in [1.807, 2.05) is 0 Å². The first-order valence-corrected chi connectivity index (χ1v) is 9.47. The van der Waals surface area contributed by atoms with Crippen LogP contribution in [0.5, 0.6) is 11.5 Å². The van der Waals surface area contributed by atoms with Crippen molar-refractivity contribution >= 4 is 27.2 Å². The molecule has 0 saturated heterocycles. The van der Waals surface area contributed by atoms with Crippen LogP contribution in [0, 0.1) is 0 Å². The predicted molar refractivity (Wildman–Crippen MR) is 108 cm³/mol. The first-order valence-electron chi connectivity index (χ1n) is 8.65. The summed E-state index contributed by atoms with van der Waals surface area (Å²) in [6, 6.07) is 3.51. The van der Waals surface area contributed by atoms with E-state index in [2.05, 4.69) is 24.9 Å². The van der Waals surface area contributed by atoms with Gasteiger partial charge in [0.2, 0.25) is 0 Å². The van der Waals surface area contributed by atoms with Crippen LogP contribution >= 0.6 is 9.24 Å². The van der Waals surface area contributed by atoms with E-state index in [-0.39, 0.29) is 12.4 Å². The quantitative estimate of drug-likeness (QED) is 0.224. The van der Waals surface area contributed by atoms with E-state index >= 15 is 0 Å². The van der Waals surface area contributed by atoms with Gasteiger partial charge in [0.1, 0.15) is 6.29 Å². The van der Waals surface area contributed by atoms with Gasteiger partial charge in [-0.25, -0.2) is 0 Å². The highest BCUT2D eigenvalue weighted by atomic mass is 31.0. The van der Waals surface area contributed by atoms with Crippen molar-refractivity contribution in [3.8, 4) is 11.5 Å². The molecule has 1 aromatic rings. The molecule has 3 N–H and O–H groups in total. The summed E-state index contributed by atoms with van der Waals surface area (Å²) < 4.78 is 10.9. The first kappa shape index (κ1) is 25.1. The fraction of sp³-hybridized carbons (Fsp3) is 0.556. The Morgan fingerprint density at radius 3 is 2.48 bits per heavy atom. The van der Waals surface area contributed by atoms with Gasteiger partial charge in [0.15, 0.2) is 11.5 Å². The fourth-order valence-electron chi connectivity index (χ4n) is 2.04. The highest BCUT2D eigenvalue weighted by molar-refractivity contribution is 7.16. The molecule has 0 aromatic heterocycles. The van der Waals surface area contributed by atoms with Crippen LogP contribution in [-0.4, -0.2) is 51.3 Å². The summed E-state index contributed by atoms with van der Waals surface area (Å²) in [5.74, 6) is 0.754. The number of hydrogen-bond acceptors (Lipinski definition) is 8. The smallest absolute Gasteiger partial charge is 0.324 e. The second-order valence-electron chi connectivity index (χ2n) is 5.39. The highest BCUT2D eigenvalue weighted by Crippen LogP contribution is 2.36. The van der Waals surface area contributed by atoms with E-state index in [9.17, 15) is 14.7 Å². The number of aliphatic hydroxyl groups is 1. The number of nitrogens with one attached hydrogen (secondary N) is 2. The third kappa shape index (κ3) is 10.1. The second kappa shape index (κ2) is 15.2. The Hall–Kier alpha value is -1.89. The predicted octanol–water partition coefficient (Wildman–Crippen LogP) is 2.08. The fourth-order valence-corrected chi connectivity index (χ4v) is 2.18. The summed E-state index contributed by atoms with van der Waals surface area (Å²) in [5.41, 5.74) is 3.82. The number of anilines is 1. The van der Waals surface area contributed by atoms with Crippen LogP contribution in [0.4, 0.5) is 5.69 Å². The van der Waals surface area contributed by atoms with Crippen LogP contribution in [0.3, 0.4) is 0 Å². The van der Waals surface area contributed by atoms with Gasteiger partial charge < -0.3 is 29.5 Å². The molecular weight excluding hydrogens is 371 g/mol. The number of aliphatic hydroxyl groups excluding tert-OH is 1. The lowest BCUT2D eigenvalue weighted by Gasteiger charge is -2.17. The van der Waals surface area contributed by atoms with Gasteiger partial charge >= 0.3 is 5.97 Å². The Labute approximate surface area is 163 Å². The van der Waals surface area contributed by atoms with Gasteiger partial charge in [-0.1, -0.05) is 0 Å². The molecule has 0 amide bonds. The number of methoxy groups -OCH3 is 1. The summed E-state index contributed by atoms with van der Waals surface area (Å²) >= 11 is 0. The van der Waals surface area contributed by atoms with Crippen LogP contribution in [0.25, 0.3) is 0 Å². The molecule has 0 aliphatic carbocycles. The van der Waals surface area contributed by atoms with Crippen LogP contribution in [0.1, 0.15) is 37.9 Å². The Balaban J connectivity index is 0.00000119. The number of ether oxygens (including phenoxy) is 2. The molecular formula is C18H31N2O6P. The minimum atomic E-state index is -0.623. The summed E-state index contributed by atoms with van der Waals surface area (Å²) in [7, 11) is 7.31. The molecule has 0 radical (unpaired) electrons. The Bertz CT molecular complexity index is 569. The number of rotatable bonds is 11. The number of carbonyl (C=O) groups is 2. The molecule has 1 aromatic carbocycles. The second-order valence-corrected chi connectivity index (χ2v) is 5.97. The number of hydroxylamine groups is 1. The molecule has 154 valence electrons. The molecule has 2 unspecified atom stereocenters. The number of aldehydes is 1. The van der Waals surface area contributed by atoms with Gasteiger partial charge in [-0.15, -0.1) is 9.24 Å². The lowest BCUT2D eigenvalue weighted by atomic mass is 10.1. The van der Waals surface area contributed by atoms with Gasteiger partial charge in [-0.3, -0.25) is 4.79 Å². The molecule has 0 heterocycles. The average molecular weight is 402 g/mol. The van der Waals surface area contributed by atoms with Crippen molar-refractivity contribution in [3.05, 3.63) is 17.7 Å². The maximum absolute atomic E-state index is 11.2. The zero-order valence-electron chi connectivity index (χ0n) is 16.4. The van der Waals surface area contributed by atoms with Crippen molar-refractivity contribution in [1.82, 2.24) is 5.48 Å². The van der Waals surface area contributed by atoms with Crippen molar-refractivity contribution in [2.75, 3.05) is 39.3 Å². The number of carbonyl (C=O) groups excluding carboxylic acids is 2. The molecule has 0 aliphatic rings. The Morgan fingerprint density at radius 2 is 2.04 bits per heavy atom. The summed E-state index contributed by atoms with van der Waals surface area (Å²) in [6.07, 6.45) is 2.63. The maximum Gasteiger partial charge on any atom is 0.324 e.